The fourth-order valence-electron chi connectivity index (χ4n) is 15.6. The molecule has 0 fully saturated rings. The van der Waals surface area contributed by atoms with Gasteiger partial charge in [-0.05, 0) is 306 Å². The molecule has 0 N–H and O–H groups in total. The van der Waals surface area contributed by atoms with Crippen LogP contribution in [0.5, 0.6) is 0 Å². The van der Waals surface area contributed by atoms with E-state index in [4.69, 9.17) is 0 Å². The molecule has 0 amide bonds. The number of aryl methyl sites for hydroxylation is 15. The van der Waals surface area contributed by atoms with Gasteiger partial charge in [-0.3, -0.25) is 69.8 Å². The molecule has 0 unspecified atom stereocenters. The lowest BCUT2D eigenvalue weighted by Gasteiger charge is -2.09. The van der Waals surface area contributed by atoms with Gasteiger partial charge in [0.05, 0.1) is 0 Å². The van der Waals surface area contributed by atoms with Crippen molar-refractivity contribution in [1.29, 1.82) is 0 Å². The van der Waals surface area contributed by atoms with Gasteiger partial charge in [-0.15, -0.1) is 0 Å². The van der Waals surface area contributed by atoms with Crippen molar-refractivity contribution < 1.29 is 0 Å². The van der Waals surface area contributed by atoms with Crippen molar-refractivity contribution in [2.45, 2.75) is 249 Å². The van der Waals surface area contributed by atoms with Gasteiger partial charge in [-0.1, -0.05) is 230 Å². The first kappa shape index (κ1) is 113. The Hall–Kier alpha value is -13.7. The van der Waals surface area contributed by atoms with Crippen molar-refractivity contribution in [2.24, 2.45) is 41.4 Å². The Morgan fingerprint density at radius 1 is 0.142 bits per heavy atom. The number of fused-ring (bicyclic) bond motifs is 21. The molecule has 14 heteroatoms. The lowest BCUT2D eigenvalue weighted by molar-refractivity contribution is 0.736. The summed E-state index contributed by atoms with van der Waals surface area (Å²) in [6, 6.07) is 59.2. The Bertz CT molecular complexity index is 7350. The number of pyridine rings is 14. The largest absolute Gasteiger partial charge is 0.264 e. The number of nitrogens with zero attached hydrogens (tertiary/aromatic N) is 14. The Kier molecular flexibility index (Phi) is 43.2. The summed E-state index contributed by atoms with van der Waals surface area (Å²) < 4.78 is 0. The third-order valence-corrected chi connectivity index (χ3v) is 20.9. The molecule has 0 aliphatic rings. The van der Waals surface area contributed by atoms with Crippen LogP contribution in [0.15, 0.2) is 250 Å². The SMILES string of the molecule is CC(C)C.CC(C)C.CC(C)C.CC(C)C.CC(C)C.CC(C)C.CC(C)C.Cc1cc2ccc3cc(C)nc(C)c3c2cn1.Cc1cc2ccc3cc(C)ncc3c2cn1.Cc1cc2ccc3ccnc(C)c3c2c(C)n1.Cc1cc2ccc3ccnc(C)c3c2cn1.Cc1cc2ccc3ccnc(C)c3c2cn1.Cc1cc2ccc3ccncc3c2cn1.Cc1nccc2ccc3ccnc(C)c3c12. The van der Waals surface area contributed by atoms with Gasteiger partial charge in [0, 0.05) is 241 Å². The van der Waals surface area contributed by atoms with E-state index in [2.05, 4.69) is 375 Å². The summed E-state index contributed by atoms with van der Waals surface area (Å²) in [7, 11) is 0. The molecule has 0 saturated heterocycles. The topological polar surface area (TPSA) is 180 Å². The number of benzene rings is 7. The van der Waals surface area contributed by atoms with E-state index in [9.17, 15) is 0 Å². The molecule has 14 nitrogen and oxygen atoms in total. The van der Waals surface area contributed by atoms with Crippen LogP contribution in [0, 0.1) is 145 Å². The van der Waals surface area contributed by atoms with Crippen molar-refractivity contribution >= 4 is 151 Å². The van der Waals surface area contributed by atoms with E-state index in [1.165, 1.54) is 151 Å². The van der Waals surface area contributed by atoms with E-state index in [0.29, 0.717) is 0 Å². The molecule has 21 aromatic rings. The molecule has 0 spiro atoms. The molecule has 734 valence electrons. The van der Waals surface area contributed by atoms with E-state index in [1.807, 2.05) is 194 Å². The van der Waals surface area contributed by atoms with Crippen molar-refractivity contribution in [3.8, 4) is 0 Å². The fourth-order valence-corrected chi connectivity index (χ4v) is 15.6. The van der Waals surface area contributed by atoms with Gasteiger partial charge in [0.25, 0.3) is 0 Å². The third kappa shape index (κ3) is 33.8. The maximum atomic E-state index is 4.57. The first-order valence-electron chi connectivity index (χ1n) is 50.1. The molecular formula is C127H156N14. The lowest BCUT2D eigenvalue weighted by atomic mass is 10.0. The van der Waals surface area contributed by atoms with Gasteiger partial charge >= 0.3 is 0 Å². The van der Waals surface area contributed by atoms with Crippen LogP contribution in [-0.4, -0.2) is 69.8 Å². The summed E-state index contributed by atoms with van der Waals surface area (Å²) in [6.45, 7) is 76.0. The van der Waals surface area contributed by atoms with Crippen LogP contribution >= 0.6 is 0 Å². The summed E-state index contributed by atoms with van der Waals surface area (Å²) in [6.07, 6.45) is 24.6. The summed E-state index contributed by atoms with van der Waals surface area (Å²) in [5, 5.41) is 34.1. The molecule has 14 heterocycles. The van der Waals surface area contributed by atoms with Crippen LogP contribution in [-0.2, 0) is 0 Å². The first-order chi connectivity index (χ1) is 66.8. The van der Waals surface area contributed by atoms with Crippen molar-refractivity contribution in [3.05, 3.63) is 336 Å². The van der Waals surface area contributed by atoms with Crippen molar-refractivity contribution in [1.82, 2.24) is 69.8 Å². The molecule has 21 rings (SSSR count). The maximum absolute atomic E-state index is 4.57. The molecule has 0 saturated carbocycles. The smallest absolute Gasteiger partial charge is 0.0461 e. The van der Waals surface area contributed by atoms with Gasteiger partial charge in [0.15, 0.2) is 0 Å². The van der Waals surface area contributed by atoms with Crippen molar-refractivity contribution in [2.75, 3.05) is 0 Å². The summed E-state index contributed by atoms with van der Waals surface area (Å²) >= 11 is 0. The van der Waals surface area contributed by atoms with Crippen LogP contribution < -0.4 is 0 Å². The first-order valence-corrected chi connectivity index (χ1v) is 50.1. The van der Waals surface area contributed by atoms with E-state index >= 15 is 0 Å². The average Bonchev–Trinajstić information content (AvgIpc) is 0.767. The Balaban J connectivity index is 0.000000193. The highest BCUT2D eigenvalue weighted by Gasteiger charge is 2.13. The molecule has 0 radical (unpaired) electrons. The van der Waals surface area contributed by atoms with Gasteiger partial charge < -0.3 is 0 Å². The highest BCUT2D eigenvalue weighted by atomic mass is 14.7. The highest BCUT2D eigenvalue weighted by molar-refractivity contribution is 6.14. The minimum absolute atomic E-state index is 0.833. The molecule has 7 aromatic carbocycles. The van der Waals surface area contributed by atoms with E-state index < -0.39 is 0 Å². The molecule has 0 atom stereocenters. The van der Waals surface area contributed by atoms with E-state index in [1.54, 1.807) is 0 Å². The molecule has 0 aliphatic carbocycles. The monoisotopic (exact) mass is 1880 g/mol. The normalized spacial score (nSPS) is 10.7. The Labute approximate surface area is 841 Å². The predicted octanol–water partition coefficient (Wildman–Crippen LogP) is 35.7. The van der Waals surface area contributed by atoms with Gasteiger partial charge in [0.1, 0.15) is 0 Å². The van der Waals surface area contributed by atoms with Crippen LogP contribution in [0.3, 0.4) is 0 Å². The maximum Gasteiger partial charge on any atom is 0.0461 e. The standard InChI is InChI=1S/2C15H14N2.4C14H12N2.C13H10N2.7C4H10/c1-9-6-12-4-5-13-7-10(2)17-11(3)15(13)14(12)8-16-9;1-9-8-13-5-4-12-6-7-16-10(2)14(12)15(13)11(3)17-9;1-9-5-11-3-4-12-6-10(2)16-8-14(12)13(11)7-15-9;1-9-13-11(5-7-15-9)3-4-12-6-8-16-10(2)14(12)13;2*1-9-7-12-4-3-11-5-6-15-10(2)14(11)13(12)8-16-9;1-9-6-11-3-2-10-4-5-14-7-12(10)13(11)8-15-9;7*1-4(2)3/h2*4-8H,1-3H3;4*3-8H,1-2H3;2-8H,1H3;7*4H,1-3H3. The average molecular weight is 1880 g/mol. The van der Waals surface area contributed by atoms with Gasteiger partial charge in [-0.25, -0.2) is 0 Å². The molecule has 0 aliphatic heterocycles. The number of hydrogen-bond acceptors (Lipinski definition) is 14. The molecule has 141 heavy (non-hydrogen) atoms. The van der Waals surface area contributed by atoms with Crippen LogP contribution in [0.1, 0.15) is 231 Å². The highest BCUT2D eigenvalue weighted by Crippen LogP contribution is 2.35. The second kappa shape index (κ2) is 54.2. The lowest BCUT2D eigenvalue weighted by Crippen LogP contribution is -1.92. The Morgan fingerprint density at radius 3 is 0.567 bits per heavy atom. The summed E-state index contributed by atoms with van der Waals surface area (Å²) in [5.74, 6) is 5.83. The second-order valence-electron chi connectivity index (χ2n) is 41.3. The minimum Gasteiger partial charge on any atom is -0.264 e. The zero-order valence-electron chi connectivity index (χ0n) is 91.5. The van der Waals surface area contributed by atoms with E-state index in [-0.39, 0.29) is 0 Å². The third-order valence-electron chi connectivity index (χ3n) is 20.9. The molecule has 0 bridgehead atoms. The fraction of sp³-hybridized carbons (Fsp3) is 0.339. The van der Waals surface area contributed by atoms with E-state index in [0.717, 1.165) is 127 Å². The number of aromatic nitrogens is 14. The summed E-state index contributed by atoms with van der Waals surface area (Å²) in [4.78, 5) is 61.3. The van der Waals surface area contributed by atoms with Crippen LogP contribution in [0.4, 0.5) is 0 Å². The van der Waals surface area contributed by atoms with Crippen LogP contribution in [0.25, 0.3) is 151 Å². The Morgan fingerprint density at radius 2 is 0.305 bits per heavy atom. The van der Waals surface area contributed by atoms with Gasteiger partial charge in [0.2, 0.25) is 0 Å². The number of rotatable bonds is 0. The van der Waals surface area contributed by atoms with Gasteiger partial charge in [-0.2, -0.15) is 0 Å². The number of hydrogen-bond donors (Lipinski definition) is 0. The summed E-state index contributed by atoms with van der Waals surface area (Å²) in [5.41, 5.74) is 15.9. The van der Waals surface area contributed by atoms with Crippen molar-refractivity contribution in [3.63, 3.8) is 0 Å². The van der Waals surface area contributed by atoms with Crippen LogP contribution in [0.2, 0.25) is 0 Å². The predicted molar refractivity (Wildman–Crippen MR) is 614 cm³/mol. The quantitative estimate of drug-likeness (QED) is 0.131. The molecule has 14 aromatic heterocycles. The zero-order valence-corrected chi connectivity index (χ0v) is 91.5. The second-order valence-corrected chi connectivity index (χ2v) is 41.3. The zero-order chi connectivity index (χ0) is 104. The molecular weight excluding hydrogens is 1720 g/mol. The minimum atomic E-state index is 0.833.